The van der Waals surface area contributed by atoms with Gasteiger partial charge in [-0.1, -0.05) is 29.8 Å². The molecule has 0 unspecified atom stereocenters. The van der Waals surface area contributed by atoms with Gasteiger partial charge in [-0.05, 0) is 23.6 Å². The van der Waals surface area contributed by atoms with Crippen molar-refractivity contribution in [1.82, 2.24) is 0 Å². The first-order valence-corrected chi connectivity index (χ1v) is 5.97. The summed E-state index contributed by atoms with van der Waals surface area (Å²) in [6, 6.07) is 10.7. The maximum Gasteiger partial charge on any atom is 0.210 e. The standard InChI is InChI=1S/C12H9ClO2S/c13-9-4-1-2-5-11(9)15-8-10(14)12-6-3-7-16-12/h1-7H,8H2. The monoisotopic (exact) mass is 252 g/mol. The van der Waals surface area contributed by atoms with E-state index in [1.54, 1.807) is 18.2 Å². The van der Waals surface area contributed by atoms with E-state index in [0.717, 1.165) is 0 Å². The highest BCUT2D eigenvalue weighted by Crippen LogP contribution is 2.23. The van der Waals surface area contributed by atoms with Crippen LogP contribution < -0.4 is 4.74 Å². The number of ether oxygens (including phenoxy) is 1. The van der Waals surface area contributed by atoms with Crippen LogP contribution in [0, 0.1) is 0 Å². The topological polar surface area (TPSA) is 26.3 Å². The van der Waals surface area contributed by atoms with E-state index < -0.39 is 0 Å². The van der Waals surface area contributed by atoms with Crippen molar-refractivity contribution in [2.45, 2.75) is 0 Å². The van der Waals surface area contributed by atoms with Crippen molar-refractivity contribution in [2.24, 2.45) is 0 Å². The molecule has 0 amide bonds. The molecule has 4 heteroatoms. The average molecular weight is 253 g/mol. The fourth-order valence-electron chi connectivity index (χ4n) is 1.21. The normalized spacial score (nSPS) is 10.1. The molecule has 0 saturated carbocycles. The number of halogens is 1. The van der Waals surface area contributed by atoms with E-state index in [9.17, 15) is 4.79 Å². The van der Waals surface area contributed by atoms with E-state index in [-0.39, 0.29) is 12.4 Å². The van der Waals surface area contributed by atoms with Crippen LogP contribution in [-0.2, 0) is 0 Å². The van der Waals surface area contributed by atoms with Crippen LogP contribution in [0.15, 0.2) is 41.8 Å². The molecule has 0 saturated heterocycles. The highest BCUT2D eigenvalue weighted by atomic mass is 35.5. The summed E-state index contributed by atoms with van der Waals surface area (Å²) in [5.41, 5.74) is 0. The summed E-state index contributed by atoms with van der Waals surface area (Å²) in [6.45, 7) is 0.0181. The molecular formula is C12H9ClO2S. The summed E-state index contributed by atoms with van der Waals surface area (Å²) in [5, 5.41) is 2.38. The Morgan fingerprint density at radius 1 is 1.25 bits per heavy atom. The van der Waals surface area contributed by atoms with Crippen molar-refractivity contribution in [3.63, 3.8) is 0 Å². The fraction of sp³-hybridized carbons (Fsp3) is 0.0833. The average Bonchev–Trinajstić information content (AvgIpc) is 2.81. The van der Waals surface area contributed by atoms with Crippen molar-refractivity contribution in [1.29, 1.82) is 0 Å². The van der Waals surface area contributed by atoms with Gasteiger partial charge in [0, 0.05) is 0 Å². The van der Waals surface area contributed by atoms with Crippen molar-refractivity contribution < 1.29 is 9.53 Å². The highest BCUT2D eigenvalue weighted by Gasteiger charge is 2.08. The molecule has 0 radical (unpaired) electrons. The number of carbonyl (C=O) groups is 1. The molecule has 0 aliphatic heterocycles. The Hall–Kier alpha value is -1.32. The Morgan fingerprint density at radius 3 is 2.75 bits per heavy atom. The molecule has 0 aliphatic carbocycles. The smallest absolute Gasteiger partial charge is 0.210 e. The Labute approximate surface area is 102 Å². The maximum atomic E-state index is 11.6. The zero-order valence-corrected chi connectivity index (χ0v) is 9.92. The zero-order chi connectivity index (χ0) is 11.4. The molecule has 0 fully saturated rings. The number of thiophene rings is 1. The van der Waals surface area contributed by atoms with Crippen LogP contribution in [-0.4, -0.2) is 12.4 Å². The SMILES string of the molecule is O=C(COc1ccccc1Cl)c1cccs1. The first-order valence-electron chi connectivity index (χ1n) is 4.71. The minimum Gasteiger partial charge on any atom is -0.484 e. The van der Waals surface area contributed by atoms with Crippen molar-refractivity contribution in [2.75, 3.05) is 6.61 Å². The molecule has 2 nitrogen and oxygen atoms in total. The Kier molecular flexibility index (Phi) is 3.59. The van der Waals surface area contributed by atoms with Crippen LogP contribution in [0.4, 0.5) is 0 Å². The minimum atomic E-state index is -0.0325. The second-order valence-electron chi connectivity index (χ2n) is 3.12. The summed E-state index contributed by atoms with van der Waals surface area (Å²) in [7, 11) is 0. The Morgan fingerprint density at radius 2 is 2.06 bits per heavy atom. The van der Waals surface area contributed by atoms with Gasteiger partial charge in [0.1, 0.15) is 5.75 Å². The number of para-hydroxylation sites is 1. The molecule has 0 N–H and O–H groups in total. The molecule has 82 valence electrons. The summed E-state index contributed by atoms with van der Waals surface area (Å²) in [4.78, 5) is 12.3. The van der Waals surface area contributed by atoms with Gasteiger partial charge in [-0.15, -0.1) is 11.3 Å². The van der Waals surface area contributed by atoms with Crippen LogP contribution in [0.25, 0.3) is 0 Å². The lowest BCUT2D eigenvalue weighted by Gasteiger charge is -2.05. The summed E-state index contributed by atoms with van der Waals surface area (Å²) in [6.07, 6.45) is 0. The van der Waals surface area contributed by atoms with E-state index >= 15 is 0 Å². The van der Waals surface area contributed by atoms with Gasteiger partial charge in [0.15, 0.2) is 6.61 Å². The molecule has 1 aromatic heterocycles. The largest absolute Gasteiger partial charge is 0.484 e. The molecule has 1 heterocycles. The van der Waals surface area contributed by atoms with E-state index in [1.165, 1.54) is 11.3 Å². The highest BCUT2D eigenvalue weighted by molar-refractivity contribution is 7.12. The lowest BCUT2D eigenvalue weighted by atomic mass is 10.3. The first kappa shape index (κ1) is 11.2. The number of hydrogen-bond acceptors (Lipinski definition) is 3. The third-order valence-corrected chi connectivity index (χ3v) is 3.21. The maximum absolute atomic E-state index is 11.6. The summed E-state index contributed by atoms with van der Waals surface area (Å²) >= 11 is 7.31. The van der Waals surface area contributed by atoms with Crippen LogP contribution in [0.1, 0.15) is 9.67 Å². The Balaban J connectivity index is 1.98. The molecule has 1 aromatic carbocycles. The van der Waals surface area contributed by atoms with Crippen molar-refractivity contribution in [3.05, 3.63) is 51.7 Å². The van der Waals surface area contributed by atoms with E-state index in [4.69, 9.17) is 16.3 Å². The van der Waals surface area contributed by atoms with E-state index in [0.29, 0.717) is 15.6 Å². The van der Waals surface area contributed by atoms with Gasteiger partial charge in [0.25, 0.3) is 0 Å². The van der Waals surface area contributed by atoms with Crippen LogP contribution >= 0.6 is 22.9 Å². The van der Waals surface area contributed by atoms with Crippen LogP contribution in [0.2, 0.25) is 5.02 Å². The molecule has 0 atom stereocenters. The van der Waals surface area contributed by atoms with Crippen LogP contribution in [0.5, 0.6) is 5.75 Å². The minimum absolute atomic E-state index is 0.0181. The summed E-state index contributed by atoms with van der Waals surface area (Å²) in [5.74, 6) is 0.504. The van der Waals surface area contributed by atoms with E-state index in [1.807, 2.05) is 23.6 Å². The van der Waals surface area contributed by atoms with Gasteiger partial charge in [-0.2, -0.15) is 0 Å². The number of carbonyl (C=O) groups excluding carboxylic acids is 1. The quantitative estimate of drug-likeness (QED) is 0.777. The van der Waals surface area contributed by atoms with E-state index in [2.05, 4.69) is 0 Å². The Bertz CT molecular complexity index is 480. The summed E-state index contributed by atoms with van der Waals surface area (Å²) < 4.78 is 5.35. The third-order valence-electron chi connectivity index (χ3n) is 1.99. The molecule has 0 bridgehead atoms. The van der Waals surface area contributed by atoms with Crippen molar-refractivity contribution >= 4 is 28.7 Å². The molecule has 16 heavy (non-hydrogen) atoms. The van der Waals surface area contributed by atoms with Crippen molar-refractivity contribution in [3.8, 4) is 5.75 Å². The second kappa shape index (κ2) is 5.14. The van der Waals surface area contributed by atoms with Gasteiger partial charge in [0.2, 0.25) is 5.78 Å². The van der Waals surface area contributed by atoms with Gasteiger partial charge in [-0.3, -0.25) is 4.79 Å². The predicted octanol–water partition coefficient (Wildman–Crippen LogP) is 3.66. The lowest BCUT2D eigenvalue weighted by molar-refractivity contribution is 0.0925. The molecule has 2 rings (SSSR count). The fourth-order valence-corrected chi connectivity index (χ4v) is 2.05. The second-order valence-corrected chi connectivity index (χ2v) is 4.47. The number of ketones is 1. The number of benzene rings is 1. The van der Waals surface area contributed by atoms with Gasteiger partial charge < -0.3 is 4.74 Å². The molecular weight excluding hydrogens is 244 g/mol. The predicted molar refractivity (Wildman–Crippen MR) is 65.6 cm³/mol. The molecule has 0 aliphatic rings. The zero-order valence-electron chi connectivity index (χ0n) is 8.35. The van der Waals surface area contributed by atoms with Gasteiger partial charge in [-0.25, -0.2) is 0 Å². The first-order chi connectivity index (χ1) is 7.77. The van der Waals surface area contributed by atoms with Gasteiger partial charge in [0.05, 0.1) is 9.90 Å². The third kappa shape index (κ3) is 2.62. The lowest BCUT2D eigenvalue weighted by Crippen LogP contribution is -2.10. The number of Topliss-reactive ketones (excluding diaryl/α,β-unsaturated/α-hetero) is 1. The number of rotatable bonds is 4. The number of hydrogen-bond donors (Lipinski definition) is 0. The van der Waals surface area contributed by atoms with Crippen LogP contribution in [0.3, 0.4) is 0 Å². The van der Waals surface area contributed by atoms with Gasteiger partial charge >= 0.3 is 0 Å². The molecule has 0 spiro atoms. The molecule has 2 aromatic rings.